The maximum absolute atomic E-state index is 13.5. The van der Waals surface area contributed by atoms with E-state index < -0.39 is 34.0 Å². The van der Waals surface area contributed by atoms with Gasteiger partial charge in [0.25, 0.3) is 0 Å². The minimum Gasteiger partial charge on any atom is -0.496 e. The molecule has 32 heavy (non-hydrogen) atoms. The summed E-state index contributed by atoms with van der Waals surface area (Å²) in [6.45, 7) is 1.58. The van der Waals surface area contributed by atoms with Gasteiger partial charge in [0.1, 0.15) is 11.3 Å². The molecule has 0 amide bonds. The number of fused-ring (bicyclic) bond motifs is 3. The van der Waals surface area contributed by atoms with E-state index in [1.807, 2.05) is 6.07 Å². The zero-order chi connectivity index (χ0) is 23.2. The Morgan fingerprint density at radius 1 is 1.19 bits per heavy atom. The minimum absolute atomic E-state index is 0.111. The molecule has 9 heteroatoms. The molecule has 0 saturated heterocycles. The molecule has 0 saturated carbocycles. The molecule has 1 N–H and O–H groups in total. The number of pyridine rings is 1. The van der Waals surface area contributed by atoms with Crippen molar-refractivity contribution in [2.75, 3.05) is 7.11 Å². The Morgan fingerprint density at radius 3 is 2.56 bits per heavy atom. The zero-order valence-electron chi connectivity index (χ0n) is 17.1. The van der Waals surface area contributed by atoms with Crippen LogP contribution < -0.4 is 10.2 Å². The molecule has 2 aromatic carbocycles. The van der Waals surface area contributed by atoms with Crippen molar-refractivity contribution in [3.05, 3.63) is 86.8 Å². The summed E-state index contributed by atoms with van der Waals surface area (Å²) in [5.74, 6) is -0.850. The first-order valence-electron chi connectivity index (χ1n) is 9.62. The predicted molar refractivity (Wildman–Crippen MR) is 114 cm³/mol. The topological polar surface area (TPSA) is 68.5 Å². The second-order valence-corrected chi connectivity index (χ2v) is 8.59. The van der Waals surface area contributed by atoms with Gasteiger partial charge in [-0.25, -0.2) is 4.79 Å². The van der Waals surface area contributed by atoms with Gasteiger partial charge in [-0.3, -0.25) is 4.79 Å². The van der Waals surface area contributed by atoms with Crippen molar-refractivity contribution in [2.24, 2.45) is 0 Å². The van der Waals surface area contributed by atoms with Crippen molar-refractivity contribution in [1.82, 2.24) is 4.57 Å². The van der Waals surface area contributed by atoms with Gasteiger partial charge in [0.15, 0.2) is 5.43 Å². The Balaban J connectivity index is 2.06. The van der Waals surface area contributed by atoms with Crippen molar-refractivity contribution in [1.29, 1.82) is 0 Å². The molecule has 1 aliphatic heterocycles. The van der Waals surface area contributed by atoms with Crippen LogP contribution in [0.15, 0.2) is 58.2 Å². The number of aromatic nitrogens is 1. The lowest BCUT2D eigenvalue weighted by molar-refractivity contribution is -0.137. The van der Waals surface area contributed by atoms with E-state index >= 15 is 0 Å². The third-order valence-corrected chi connectivity index (χ3v) is 6.68. The molecule has 3 aromatic rings. The second kappa shape index (κ2) is 8.05. The lowest BCUT2D eigenvalue weighted by Crippen LogP contribution is -2.24. The summed E-state index contributed by atoms with van der Waals surface area (Å²) in [5.41, 5.74) is -0.516. The highest BCUT2D eigenvalue weighted by Gasteiger charge is 2.34. The monoisotopic (exact) mass is 461 g/mol. The highest BCUT2D eigenvalue weighted by atomic mass is 32.2. The van der Waals surface area contributed by atoms with Crippen LogP contribution in [0.1, 0.15) is 38.1 Å². The number of hydrogen-bond acceptors (Lipinski definition) is 4. The molecule has 1 atom stereocenters. The first-order valence-corrected chi connectivity index (χ1v) is 10.5. The summed E-state index contributed by atoms with van der Waals surface area (Å²) in [7, 11) is 1.51. The quantitative estimate of drug-likeness (QED) is 0.576. The van der Waals surface area contributed by atoms with E-state index in [0.29, 0.717) is 16.3 Å². The molecule has 0 fully saturated rings. The first-order chi connectivity index (χ1) is 15.1. The zero-order valence-corrected chi connectivity index (χ0v) is 17.9. The summed E-state index contributed by atoms with van der Waals surface area (Å²) in [6, 6.07) is 11.7. The number of halogens is 3. The lowest BCUT2D eigenvalue weighted by Gasteiger charge is -2.20. The van der Waals surface area contributed by atoms with E-state index in [9.17, 15) is 27.9 Å². The molecule has 5 nitrogen and oxygen atoms in total. The minimum atomic E-state index is -4.57. The van der Waals surface area contributed by atoms with Gasteiger partial charge in [-0.2, -0.15) is 13.2 Å². The molecule has 166 valence electrons. The van der Waals surface area contributed by atoms with Crippen LogP contribution in [0, 0.1) is 6.92 Å². The van der Waals surface area contributed by atoms with E-state index in [4.69, 9.17) is 4.74 Å². The molecule has 0 radical (unpaired) electrons. The number of methoxy groups -OCH3 is 1. The van der Waals surface area contributed by atoms with Crippen molar-refractivity contribution in [3.63, 3.8) is 0 Å². The third-order valence-electron chi connectivity index (χ3n) is 5.37. The van der Waals surface area contributed by atoms with E-state index in [1.165, 1.54) is 29.5 Å². The molecule has 2 heterocycles. The Kier molecular flexibility index (Phi) is 5.54. The van der Waals surface area contributed by atoms with Gasteiger partial charge >= 0.3 is 12.1 Å². The van der Waals surface area contributed by atoms with E-state index in [1.54, 1.807) is 25.1 Å². The van der Waals surface area contributed by atoms with Crippen molar-refractivity contribution < 1.29 is 27.8 Å². The van der Waals surface area contributed by atoms with Crippen LogP contribution in [-0.2, 0) is 12.6 Å². The Labute approximate surface area is 185 Å². The number of ether oxygens (including phenoxy) is 1. The van der Waals surface area contributed by atoms with Crippen LogP contribution >= 0.6 is 11.8 Å². The number of para-hydroxylation sites is 1. The van der Waals surface area contributed by atoms with Crippen LogP contribution in [0.3, 0.4) is 0 Å². The second-order valence-electron chi connectivity index (χ2n) is 7.35. The highest BCUT2D eigenvalue weighted by Crippen LogP contribution is 2.47. The number of benzene rings is 2. The maximum atomic E-state index is 13.5. The average molecular weight is 461 g/mol. The maximum Gasteiger partial charge on any atom is 0.416 e. The molecule has 1 aromatic heterocycles. The van der Waals surface area contributed by atoms with Gasteiger partial charge in [0.05, 0.1) is 18.4 Å². The Bertz CT molecular complexity index is 1280. The fourth-order valence-electron chi connectivity index (χ4n) is 4.00. The van der Waals surface area contributed by atoms with Crippen LogP contribution in [0.5, 0.6) is 5.75 Å². The van der Waals surface area contributed by atoms with Gasteiger partial charge in [0.2, 0.25) is 0 Å². The van der Waals surface area contributed by atoms with Crippen LogP contribution in [-0.4, -0.2) is 22.8 Å². The number of carboxylic acids is 1. The number of thioether (sulfide) groups is 1. The summed E-state index contributed by atoms with van der Waals surface area (Å²) in [4.78, 5) is 25.1. The standard InChI is InChI=1S/C23H18F3NO4S/c1-12-9-17(28)21(22(29)30)16-11-20(14-5-3-4-6-18(14)31-2)32-19-8-7-13(23(24,25)26)10-15(19)27(12)16/h3-10,20H,11H2,1-2H3,(H,29,30)/t20-/m0/s1. The number of nitrogens with zero attached hydrogens (tertiary/aromatic N) is 1. The van der Waals surface area contributed by atoms with Gasteiger partial charge in [-0.05, 0) is 31.2 Å². The van der Waals surface area contributed by atoms with Crippen LogP contribution in [0.2, 0.25) is 0 Å². The van der Waals surface area contributed by atoms with E-state index in [0.717, 1.165) is 23.8 Å². The fourth-order valence-corrected chi connectivity index (χ4v) is 5.28. The molecule has 0 unspecified atom stereocenters. The average Bonchev–Trinajstić information content (AvgIpc) is 2.89. The number of hydrogen-bond donors (Lipinski definition) is 1. The van der Waals surface area contributed by atoms with Crippen molar-refractivity contribution >= 4 is 17.7 Å². The molecule has 4 rings (SSSR count). The lowest BCUT2D eigenvalue weighted by atomic mass is 10.0. The van der Waals surface area contributed by atoms with Crippen molar-refractivity contribution in [3.8, 4) is 11.4 Å². The van der Waals surface area contributed by atoms with Gasteiger partial charge in [0, 0.05) is 39.6 Å². The first kappa shape index (κ1) is 22.0. The Morgan fingerprint density at radius 2 is 1.91 bits per heavy atom. The predicted octanol–water partition coefficient (Wildman–Crippen LogP) is 5.26. The fraction of sp³-hybridized carbons (Fsp3) is 0.217. The van der Waals surface area contributed by atoms with E-state index in [2.05, 4.69) is 0 Å². The number of rotatable bonds is 3. The molecule has 0 bridgehead atoms. The van der Waals surface area contributed by atoms with Gasteiger partial charge in [-0.1, -0.05) is 18.2 Å². The summed E-state index contributed by atoms with van der Waals surface area (Å²) < 4.78 is 47.3. The number of aromatic carboxylic acids is 1. The molecule has 0 aliphatic carbocycles. The SMILES string of the molecule is COc1ccccc1[C@@H]1Cc2c(C(=O)O)c(=O)cc(C)n2-c2cc(C(F)(F)F)ccc2S1. The summed E-state index contributed by atoms with van der Waals surface area (Å²) in [5, 5.41) is 9.38. The van der Waals surface area contributed by atoms with Crippen LogP contribution in [0.4, 0.5) is 13.2 Å². The summed E-state index contributed by atoms with van der Waals surface area (Å²) >= 11 is 1.31. The number of carbonyl (C=O) groups is 1. The normalized spacial score (nSPS) is 15.5. The smallest absolute Gasteiger partial charge is 0.416 e. The van der Waals surface area contributed by atoms with Crippen molar-refractivity contribution in [2.45, 2.75) is 29.7 Å². The molecule has 1 aliphatic rings. The van der Waals surface area contributed by atoms with Crippen LogP contribution in [0.25, 0.3) is 5.69 Å². The Hall–Kier alpha value is -3.20. The highest BCUT2D eigenvalue weighted by molar-refractivity contribution is 7.99. The molecule has 0 spiro atoms. The number of alkyl halides is 3. The largest absolute Gasteiger partial charge is 0.496 e. The third kappa shape index (κ3) is 3.77. The van der Waals surface area contributed by atoms with Gasteiger partial charge in [-0.15, -0.1) is 11.8 Å². The number of carboxylic acid groups (broad SMARTS) is 1. The number of aryl methyl sites for hydroxylation is 1. The van der Waals surface area contributed by atoms with E-state index in [-0.39, 0.29) is 17.8 Å². The summed E-state index contributed by atoms with van der Waals surface area (Å²) in [6.07, 6.45) is -4.46. The van der Waals surface area contributed by atoms with Gasteiger partial charge < -0.3 is 14.4 Å². The molecular weight excluding hydrogens is 443 g/mol. The molecular formula is C23H18F3NO4S.